The molecule has 0 aliphatic carbocycles. The van der Waals surface area contributed by atoms with Crippen molar-refractivity contribution in [2.75, 3.05) is 6.61 Å². The van der Waals surface area contributed by atoms with Crippen molar-refractivity contribution in [3.05, 3.63) is 30.3 Å². The minimum Gasteiger partial charge on any atom is -0.362 e. The molecule has 0 bridgehead atoms. The van der Waals surface area contributed by atoms with Crippen LogP contribution in [0.25, 0.3) is 0 Å². The van der Waals surface area contributed by atoms with Gasteiger partial charge in [-0.3, -0.25) is 0 Å². The summed E-state index contributed by atoms with van der Waals surface area (Å²) in [5.41, 5.74) is 0. The Morgan fingerprint density at radius 3 is 2.53 bits per heavy atom. The summed E-state index contributed by atoms with van der Waals surface area (Å²) in [6.45, 7) is -0.0777. The number of rotatable bonds is 5. The van der Waals surface area contributed by atoms with Gasteiger partial charge < -0.3 is 4.18 Å². The summed E-state index contributed by atoms with van der Waals surface area (Å²) in [6, 6.07) is 8.10. The molecule has 0 radical (unpaired) electrons. The first-order valence-electron chi connectivity index (χ1n) is 4.21. The zero-order valence-corrected chi connectivity index (χ0v) is 8.74. The van der Waals surface area contributed by atoms with Crippen molar-refractivity contribution < 1.29 is 16.8 Å². The molecule has 80 valence electrons. The second kappa shape index (κ2) is 5.39. The zero-order chi connectivity index (χ0) is 11.1. The maximum atomic E-state index is 11.2. The van der Waals surface area contributed by atoms with E-state index in [9.17, 15) is 8.42 Å². The van der Waals surface area contributed by atoms with Crippen molar-refractivity contribution in [2.24, 2.45) is 0 Å². The molecule has 0 N–H and O–H groups in total. The molecule has 0 aliphatic rings. The van der Waals surface area contributed by atoms with E-state index in [0.717, 1.165) is 0 Å². The Hall–Kier alpha value is -1.51. The molecule has 0 aromatic heterocycles. The average molecular weight is 226 g/mol. The van der Waals surface area contributed by atoms with Gasteiger partial charge in [-0.15, -0.1) is 12.3 Å². The molecule has 1 rings (SSSR count). The lowest BCUT2D eigenvalue weighted by Gasteiger charge is -2.05. The molecule has 0 spiro atoms. The Morgan fingerprint density at radius 1 is 1.27 bits per heavy atom. The second-order valence-corrected chi connectivity index (χ2v) is 3.80. The summed E-state index contributed by atoms with van der Waals surface area (Å²) in [6.07, 6.45) is 5.16. The highest BCUT2D eigenvalue weighted by atomic mass is 32.3. The molecule has 0 aliphatic heterocycles. The Labute approximate surface area is 89.2 Å². The van der Waals surface area contributed by atoms with Crippen LogP contribution in [0.5, 0.6) is 5.75 Å². The average Bonchev–Trinajstić information content (AvgIpc) is 2.18. The Bertz CT molecular complexity index is 430. The van der Waals surface area contributed by atoms with Gasteiger partial charge in [0.05, 0.1) is 6.61 Å². The van der Waals surface area contributed by atoms with E-state index in [1.54, 1.807) is 18.2 Å². The molecule has 0 amide bonds. The van der Waals surface area contributed by atoms with Crippen molar-refractivity contribution in [1.82, 2.24) is 0 Å². The van der Waals surface area contributed by atoms with Gasteiger partial charge in [-0.2, -0.15) is 8.42 Å². The third-order valence-electron chi connectivity index (χ3n) is 1.42. The van der Waals surface area contributed by atoms with Gasteiger partial charge >= 0.3 is 10.4 Å². The Balaban J connectivity index is 2.54. The normalized spacial score (nSPS) is 10.6. The van der Waals surface area contributed by atoms with E-state index in [2.05, 4.69) is 14.3 Å². The first kappa shape index (κ1) is 11.6. The van der Waals surface area contributed by atoms with Crippen LogP contribution in [0.1, 0.15) is 6.42 Å². The lowest BCUT2D eigenvalue weighted by atomic mass is 10.3. The molecule has 5 heteroatoms. The molecule has 0 heterocycles. The van der Waals surface area contributed by atoms with Gasteiger partial charge in [0.25, 0.3) is 0 Å². The third kappa shape index (κ3) is 4.49. The first-order valence-corrected chi connectivity index (χ1v) is 5.55. The van der Waals surface area contributed by atoms with Crippen LogP contribution in [0.2, 0.25) is 0 Å². The molecule has 4 nitrogen and oxygen atoms in total. The van der Waals surface area contributed by atoms with Gasteiger partial charge in [0.15, 0.2) is 0 Å². The fraction of sp³-hybridized carbons (Fsp3) is 0.200. The van der Waals surface area contributed by atoms with Crippen molar-refractivity contribution in [3.63, 3.8) is 0 Å². The van der Waals surface area contributed by atoms with Crippen LogP contribution in [0.15, 0.2) is 30.3 Å². The fourth-order valence-electron chi connectivity index (χ4n) is 0.821. The minimum absolute atomic E-state index is 0.0777. The van der Waals surface area contributed by atoms with Crippen LogP contribution in [-0.4, -0.2) is 15.0 Å². The van der Waals surface area contributed by atoms with Crippen molar-refractivity contribution in [1.29, 1.82) is 0 Å². The van der Waals surface area contributed by atoms with E-state index in [1.165, 1.54) is 12.1 Å². The van der Waals surface area contributed by atoms with Gasteiger partial charge in [0, 0.05) is 6.42 Å². The Kier molecular flexibility index (Phi) is 4.16. The SMILES string of the molecule is C#CCCOS(=O)(=O)Oc1ccccc1. The first-order chi connectivity index (χ1) is 7.14. The molecule has 0 atom stereocenters. The molecular formula is C10H10O4S. The van der Waals surface area contributed by atoms with Gasteiger partial charge in [-0.25, -0.2) is 4.18 Å². The number of benzene rings is 1. The molecule has 1 aromatic rings. The number of para-hydroxylation sites is 1. The van der Waals surface area contributed by atoms with Crippen LogP contribution in [0.4, 0.5) is 0 Å². The van der Waals surface area contributed by atoms with Crippen LogP contribution < -0.4 is 4.18 Å². The van der Waals surface area contributed by atoms with Gasteiger partial charge in [-0.05, 0) is 12.1 Å². The summed E-state index contributed by atoms with van der Waals surface area (Å²) in [5.74, 6) is 2.47. The van der Waals surface area contributed by atoms with E-state index in [-0.39, 0.29) is 18.8 Å². The number of hydrogen-bond donors (Lipinski definition) is 0. The molecule has 1 aromatic carbocycles. The minimum atomic E-state index is -4.00. The van der Waals surface area contributed by atoms with E-state index < -0.39 is 10.4 Å². The monoisotopic (exact) mass is 226 g/mol. The van der Waals surface area contributed by atoms with E-state index in [0.29, 0.717) is 0 Å². The summed E-state index contributed by atoms with van der Waals surface area (Å²) < 4.78 is 31.4. The number of terminal acetylenes is 1. The van der Waals surface area contributed by atoms with E-state index >= 15 is 0 Å². The highest BCUT2D eigenvalue weighted by molar-refractivity contribution is 7.82. The number of hydrogen-bond acceptors (Lipinski definition) is 4. The summed E-state index contributed by atoms with van der Waals surface area (Å²) in [5, 5.41) is 0. The molecule has 0 fully saturated rings. The summed E-state index contributed by atoms with van der Waals surface area (Å²) >= 11 is 0. The molecule has 0 saturated carbocycles. The van der Waals surface area contributed by atoms with E-state index in [1.807, 2.05) is 0 Å². The van der Waals surface area contributed by atoms with Crippen LogP contribution >= 0.6 is 0 Å². The molecular weight excluding hydrogens is 216 g/mol. The van der Waals surface area contributed by atoms with Crippen molar-refractivity contribution >= 4 is 10.4 Å². The van der Waals surface area contributed by atoms with Gasteiger partial charge in [0.1, 0.15) is 5.75 Å². The maximum absolute atomic E-state index is 11.2. The summed E-state index contributed by atoms with van der Waals surface area (Å²) in [4.78, 5) is 0. The highest BCUT2D eigenvalue weighted by Crippen LogP contribution is 2.12. The van der Waals surface area contributed by atoms with E-state index in [4.69, 9.17) is 6.42 Å². The lowest BCUT2D eigenvalue weighted by molar-refractivity contribution is 0.280. The quantitative estimate of drug-likeness (QED) is 0.561. The van der Waals surface area contributed by atoms with Crippen LogP contribution in [-0.2, 0) is 14.6 Å². The zero-order valence-electron chi connectivity index (χ0n) is 7.92. The van der Waals surface area contributed by atoms with Crippen LogP contribution in [0.3, 0.4) is 0 Å². The van der Waals surface area contributed by atoms with Crippen molar-refractivity contribution in [2.45, 2.75) is 6.42 Å². The third-order valence-corrected chi connectivity index (χ3v) is 2.27. The smallest absolute Gasteiger partial charge is 0.362 e. The fourth-order valence-corrected chi connectivity index (χ4v) is 1.50. The van der Waals surface area contributed by atoms with Crippen molar-refractivity contribution in [3.8, 4) is 18.1 Å². The van der Waals surface area contributed by atoms with Gasteiger partial charge in [-0.1, -0.05) is 18.2 Å². The molecule has 0 unspecified atom stereocenters. The predicted molar refractivity (Wildman–Crippen MR) is 55.4 cm³/mol. The lowest BCUT2D eigenvalue weighted by Crippen LogP contribution is -2.13. The summed E-state index contributed by atoms with van der Waals surface area (Å²) in [7, 11) is -4.00. The predicted octanol–water partition coefficient (Wildman–Crippen LogP) is 1.35. The Morgan fingerprint density at radius 2 is 1.93 bits per heavy atom. The maximum Gasteiger partial charge on any atom is 0.449 e. The van der Waals surface area contributed by atoms with Crippen LogP contribution in [0, 0.1) is 12.3 Å². The molecule has 15 heavy (non-hydrogen) atoms. The van der Waals surface area contributed by atoms with Gasteiger partial charge in [0.2, 0.25) is 0 Å². The molecule has 0 saturated heterocycles. The highest BCUT2D eigenvalue weighted by Gasteiger charge is 2.12. The standard InChI is InChI=1S/C10H10O4S/c1-2-3-9-13-15(11,12)14-10-7-5-4-6-8-10/h1,4-8H,3,9H2. The second-order valence-electron chi connectivity index (χ2n) is 2.58. The topological polar surface area (TPSA) is 52.6 Å². The largest absolute Gasteiger partial charge is 0.449 e.